The largest absolute Gasteiger partial charge is 0.490 e. The van der Waals surface area contributed by atoms with E-state index in [4.69, 9.17) is 9.72 Å². The molecular formula is C31H38N6O4. The number of carbonyl (C=O) groups excluding carboxylic acids is 2. The summed E-state index contributed by atoms with van der Waals surface area (Å²) in [6.45, 7) is 6.49. The van der Waals surface area contributed by atoms with Gasteiger partial charge < -0.3 is 14.4 Å². The second-order valence-electron chi connectivity index (χ2n) is 11.3. The second kappa shape index (κ2) is 11.6. The van der Waals surface area contributed by atoms with Crippen molar-refractivity contribution < 1.29 is 19.4 Å². The Balaban J connectivity index is 1.18. The summed E-state index contributed by atoms with van der Waals surface area (Å²) in [5.74, 6) is 2.51. The number of pyridine rings is 1. The molecule has 2 aromatic heterocycles. The van der Waals surface area contributed by atoms with Gasteiger partial charge >= 0.3 is 6.03 Å². The molecule has 2 fully saturated rings. The van der Waals surface area contributed by atoms with Gasteiger partial charge in [0.2, 0.25) is 5.91 Å². The molecule has 10 heteroatoms. The minimum atomic E-state index is -0.441. The van der Waals surface area contributed by atoms with E-state index in [1.54, 1.807) is 11.1 Å². The molecule has 0 bridgehead atoms. The monoisotopic (exact) mass is 558 g/mol. The van der Waals surface area contributed by atoms with Crippen LogP contribution in [0.25, 0.3) is 11.5 Å². The van der Waals surface area contributed by atoms with E-state index in [0.717, 1.165) is 29.0 Å². The highest BCUT2D eigenvalue weighted by molar-refractivity contribution is 6.05. The van der Waals surface area contributed by atoms with Crippen LogP contribution in [0.1, 0.15) is 68.8 Å². The molecule has 4 heterocycles. The summed E-state index contributed by atoms with van der Waals surface area (Å²) in [4.78, 5) is 37.4. The lowest BCUT2D eigenvalue weighted by Crippen LogP contribution is -2.50. The normalized spacial score (nSPS) is 23.0. The van der Waals surface area contributed by atoms with E-state index >= 15 is 0 Å². The fraction of sp³-hybridized carbons (Fsp3) is 0.484. The molecule has 3 aromatic rings. The van der Waals surface area contributed by atoms with Crippen LogP contribution in [0.15, 0.2) is 42.6 Å². The maximum absolute atomic E-state index is 12.5. The smallest absolute Gasteiger partial charge is 0.329 e. The summed E-state index contributed by atoms with van der Waals surface area (Å²) >= 11 is 0. The lowest BCUT2D eigenvalue weighted by atomic mass is 9.88. The molecule has 6 rings (SSSR count). The number of imide groups is 1. The van der Waals surface area contributed by atoms with E-state index < -0.39 is 6.03 Å². The first kappa shape index (κ1) is 27.4. The van der Waals surface area contributed by atoms with Crippen molar-refractivity contribution in [1.29, 1.82) is 0 Å². The zero-order chi connectivity index (χ0) is 28.5. The highest BCUT2D eigenvalue weighted by Gasteiger charge is 2.33. The highest BCUT2D eigenvalue weighted by Crippen LogP contribution is 2.36. The number of hydrogen-bond acceptors (Lipinski definition) is 7. The Morgan fingerprint density at radius 1 is 1.10 bits per heavy atom. The number of aromatic nitrogens is 3. The van der Waals surface area contributed by atoms with Gasteiger partial charge in [-0.05, 0) is 61.4 Å². The summed E-state index contributed by atoms with van der Waals surface area (Å²) in [5.41, 5.74) is 3.78. The van der Waals surface area contributed by atoms with Gasteiger partial charge in [-0.2, -0.15) is 0 Å². The Kier molecular flexibility index (Phi) is 7.77. The van der Waals surface area contributed by atoms with E-state index in [1.807, 2.05) is 17.6 Å². The molecule has 2 aliphatic heterocycles. The van der Waals surface area contributed by atoms with Gasteiger partial charge in [-0.3, -0.25) is 19.9 Å². The number of nitrogens with one attached hydrogen (secondary N) is 1. The number of aliphatic hydroxyl groups is 1. The Hall–Kier alpha value is -3.76. The maximum atomic E-state index is 12.5. The number of anilines is 1. The maximum Gasteiger partial charge on any atom is 0.329 e. The molecule has 1 saturated carbocycles. The molecular weight excluding hydrogens is 520 g/mol. The number of aliphatic hydroxyl groups excluding tert-OH is 1. The van der Waals surface area contributed by atoms with Crippen LogP contribution in [0, 0.1) is 5.92 Å². The van der Waals surface area contributed by atoms with Crippen molar-refractivity contribution in [2.75, 3.05) is 18.1 Å². The molecule has 1 aromatic carbocycles. The SMILES string of the molecule is CCn1c(N2CCC(=O)NC2=O)cnc1-c1ccc2c(n1)[C@H](CO)N(Cc1ccc(O[C@@H]3CCCC[C@H]3C)cc1)C2. The van der Waals surface area contributed by atoms with E-state index in [2.05, 4.69) is 52.5 Å². The van der Waals surface area contributed by atoms with Gasteiger partial charge in [0.15, 0.2) is 5.82 Å². The molecule has 3 atom stereocenters. The molecule has 1 saturated heterocycles. The van der Waals surface area contributed by atoms with Crippen LogP contribution in [0.5, 0.6) is 5.75 Å². The van der Waals surface area contributed by atoms with Crippen LogP contribution in [0.3, 0.4) is 0 Å². The third kappa shape index (κ3) is 5.46. The third-order valence-corrected chi connectivity index (χ3v) is 8.65. The van der Waals surface area contributed by atoms with Gasteiger partial charge in [-0.25, -0.2) is 14.8 Å². The number of benzene rings is 1. The molecule has 2 N–H and O–H groups in total. The van der Waals surface area contributed by atoms with Crippen LogP contribution in [-0.4, -0.2) is 55.7 Å². The van der Waals surface area contributed by atoms with Crippen molar-refractivity contribution in [1.82, 2.24) is 24.8 Å². The van der Waals surface area contributed by atoms with Gasteiger partial charge in [0.1, 0.15) is 23.4 Å². The molecule has 0 spiro atoms. The van der Waals surface area contributed by atoms with E-state index in [0.29, 0.717) is 55.5 Å². The quantitative estimate of drug-likeness (QED) is 0.421. The number of amides is 3. The Bertz CT molecular complexity index is 1420. The zero-order valence-electron chi connectivity index (χ0n) is 23.8. The number of fused-ring (bicyclic) bond motifs is 1. The number of nitrogens with zero attached hydrogens (tertiary/aromatic N) is 5. The summed E-state index contributed by atoms with van der Waals surface area (Å²) < 4.78 is 8.23. The predicted octanol–water partition coefficient (Wildman–Crippen LogP) is 4.42. The number of rotatable bonds is 8. The van der Waals surface area contributed by atoms with Crippen LogP contribution in [-0.2, 0) is 24.4 Å². The number of urea groups is 1. The van der Waals surface area contributed by atoms with Crippen LogP contribution in [0.2, 0.25) is 0 Å². The third-order valence-electron chi connectivity index (χ3n) is 8.65. The van der Waals surface area contributed by atoms with Gasteiger partial charge in [0, 0.05) is 32.6 Å². The van der Waals surface area contributed by atoms with Gasteiger partial charge in [-0.15, -0.1) is 0 Å². The summed E-state index contributed by atoms with van der Waals surface area (Å²) in [6.07, 6.45) is 7.08. The Labute approximate surface area is 240 Å². The topological polar surface area (TPSA) is 113 Å². The number of carbonyl (C=O) groups is 2. The predicted molar refractivity (Wildman–Crippen MR) is 154 cm³/mol. The van der Waals surface area contributed by atoms with Crippen molar-refractivity contribution in [3.8, 4) is 17.3 Å². The summed E-state index contributed by atoms with van der Waals surface area (Å²) in [7, 11) is 0. The van der Waals surface area contributed by atoms with Gasteiger partial charge in [0.05, 0.1) is 24.5 Å². The molecule has 10 nitrogen and oxygen atoms in total. The Morgan fingerprint density at radius 3 is 2.63 bits per heavy atom. The molecule has 3 amide bonds. The number of imidazole rings is 1. The highest BCUT2D eigenvalue weighted by atomic mass is 16.5. The zero-order valence-corrected chi connectivity index (χ0v) is 23.8. The minimum Gasteiger partial charge on any atom is -0.490 e. The number of ether oxygens (including phenoxy) is 1. The molecule has 1 aliphatic carbocycles. The van der Waals surface area contributed by atoms with Gasteiger partial charge in [-0.1, -0.05) is 31.5 Å². The van der Waals surface area contributed by atoms with Crippen molar-refractivity contribution in [2.45, 2.75) is 77.7 Å². The Morgan fingerprint density at radius 2 is 1.90 bits per heavy atom. The summed E-state index contributed by atoms with van der Waals surface area (Å²) in [6, 6.07) is 11.7. The average Bonchev–Trinajstić information content (AvgIpc) is 3.55. The number of hydrogen-bond donors (Lipinski definition) is 2. The second-order valence-corrected chi connectivity index (χ2v) is 11.3. The molecule has 216 valence electrons. The first-order chi connectivity index (χ1) is 19.9. The lowest BCUT2D eigenvalue weighted by molar-refractivity contribution is -0.120. The first-order valence-electron chi connectivity index (χ1n) is 14.7. The van der Waals surface area contributed by atoms with Crippen molar-refractivity contribution in [2.24, 2.45) is 5.92 Å². The fourth-order valence-corrected chi connectivity index (χ4v) is 6.34. The van der Waals surface area contributed by atoms with Crippen LogP contribution < -0.4 is 15.0 Å². The fourth-order valence-electron chi connectivity index (χ4n) is 6.34. The lowest BCUT2D eigenvalue weighted by Gasteiger charge is -2.29. The van der Waals surface area contributed by atoms with E-state index in [9.17, 15) is 14.7 Å². The molecule has 41 heavy (non-hydrogen) atoms. The van der Waals surface area contributed by atoms with Crippen molar-refractivity contribution >= 4 is 17.8 Å². The average molecular weight is 559 g/mol. The van der Waals surface area contributed by atoms with Crippen LogP contribution >= 0.6 is 0 Å². The van der Waals surface area contributed by atoms with Gasteiger partial charge in [0.25, 0.3) is 0 Å². The van der Waals surface area contributed by atoms with Crippen molar-refractivity contribution in [3.05, 3.63) is 59.4 Å². The molecule has 0 unspecified atom stereocenters. The van der Waals surface area contributed by atoms with E-state index in [-0.39, 0.29) is 25.0 Å². The molecule has 3 aliphatic rings. The van der Waals surface area contributed by atoms with Crippen molar-refractivity contribution in [3.63, 3.8) is 0 Å². The standard InChI is InChI=1S/C31H38N6O4/c1-3-36-28(37-15-14-27(39)34-31(37)40)16-32-30(36)24-13-10-22-18-35(25(19-38)29(22)33-24)17-21-8-11-23(12-9-21)41-26-7-5-4-6-20(26)2/h8-13,16,20,25-26,38H,3-7,14-15,17-19H2,1-2H3,(H,34,39,40)/t20-,25+,26-/m1/s1. The minimum absolute atomic E-state index is 0.0420. The molecule has 0 radical (unpaired) electrons. The van der Waals surface area contributed by atoms with E-state index in [1.165, 1.54) is 19.3 Å². The summed E-state index contributed by atoms with van der Waals surface area (Å²) in [5, 5.41) is 12.8. The van der Waals surface area contributed by atoms with Crippen LogP contribution in [0.4, 0.5) is 10.6 Å². The first-order valence-corrected chi connectivity index (χ1v) is 14.7.